The van der Waals surface area contributed by atoms with Gasteiger partial charge in [0.05, 0.1) is 38.6 Å². The lowest BCUT2D eigenvalue weighted by Gasteiger charge is -2.48. The van der Waals surface area contributed by atoms with Gasteiger partial charge in [0.2, 0.25) is 5.91 Å². The van der Waals surface area contributed by atoms with E-state index in [0.29, 0.717) is 12.8 Å². The Balaban J connectivity index is 1.58. The van der Waals surface area contributed by atoms with E-state index in [4.69, 9.17) is 28.4 Å². The van der Waals surface area contributed by atoms with E-state index in [1.54, 1.807) is 0 Å². The minimum atomic E-state index is -1.96. The van der Waals surface area contributed by atoms with Gasteiger partial charge < -0.3 is 89.9 Å². The van der Waals surface area contributed by atoms with Gasteiger partial charge in [0, 0.05) is 6.42 Å². The molecule has 0 aromatic rings. The average Bonchev–Trinajstić information content (AvgIpc) is 3.25. The van der Waals surface area contributed by atoms with Gasteiger partial charge >= 0.3 is 0 Å². The molecule has 61 heavy (non-hydrogen) atoms. The Morgan fingerprint density at radius 1 is 0.525 bits per heavy atom. The van der Waals surface area contributed by atoms with Crippen molar-refractivity contribution >= 4 is 5.91 Å². The first-order valence-corrected chi connectivity index (χ1v) is 22.8. The number of aliphatic hydroxyl groups excluding tert-OH is 11. The van der Waals surface area contributed by atoms with E-state index in [2.05, 4.69) is 19.2 Å². The predicted molar refractivity (Wildman–Crippen MR) is 217 cm³/mol. The lowest BCUT2D eigenvalue weighted by molar-refractivity contribution is -0.379. The highest BCUT2D eigenvalue weighted by atomic mass is 16.8. The van der Waals surface area contributed by atoms with Gasteiger partial charge in [0.1, 0.15) is 73.2 Å². The number of ether oxygens (including phenoxy) is 6. The normalized spacial score (nSPS) is 35.5. The molecular formula is C42H79NO18. The summed E-state index contributed by atoms with van der Waals surface area (Å²) in [4.78, 5) is 13.0. The van der Waals surface area contributed by atoms with Crippen molar-refractivity contribution in [2.45, 2.75) is 234 Å². The molecule has 17 atom stereocenters. The van der Waals surface area contributed by atoms with Gasteiger partial charge in [-0.25, -0.2) is 0 Å². The summed E-state index contributed by atoms with van der Waals surface area (Å²) in [5, 5.41) is 119. The van der Waals surface area contributed by atoms with Crippen molar-refractivity contribution in [3.05, 3.63) is 0 Å². The molecule has 0 aliphatic carbocycles. The summed E-state index contributed by atoms with van der Waals surface area (Å²) in [5.41, 5.74) is 0. The molecule has 0 saturated carbocycles. The van der Waals surface area contributed by atoms with Crippen LogP contribution in [-0.4, -0.2) is 193 Å². The largest absolute Gasteiger partial charge is 0.394 e. The van der Waals surface area contributed by atoms with Gasteiger partial charge in [0.25, 0.3) is 0 Å². The molecule has 1 amide bonds. The second-order valence-corrected chi connectivity index (χ2v) is 16.9. The molecule has 17 unspecified atom stereocenters. The van der Waals surface area contributed by atoms with Crippen molar-refractivity contribution in [2.75, 3.05) is 26.4 Å². The third kappa shape index (κ3) is 16.9. The molecule has 19 nitrogen and oxygen atoms in total. The molecule has 360 valence electrons. The molecule has 3 aliphatic rings. The first kappa shape index (κ1) is 54.1. The van der Waals surface area contributed by atoms with E-state index < -0.39 is 124 Å². The van der Waals surface area contributed by atoms with Crippen LogP contribution in [0.2, 0.25) is 0 Å². The second kappa shape index (κ2) is 29.4. The van der Waals surface area contributed by atoms with Crippen LogP contribution in [0.5, 0.6) is 0 Å². The van der Waals surface area contributed by atoms with E-state index in [1.807, 2.05) is 0 Å². The number of carbonyl (C=O) groups excluding carboxylic acids is 1. The number of rotatable bonds is 30. The highest BCUT2D eigenvalue weighted by molar-refractivity contribution is 5.76. The van der Waals surface area contributed by atoms with Crippen molar-refractivity contribution in [3.63, 3.8) is 0 Å². The van der Waals surface area contributed by atoms with E-state index in [1.165, 1.54) is 44.9 Å². The Labute approximate surface area is 360 Å². The van der Waals surface area contributed by atoms with Crippen LogP contribution < -0.4 is 5.32 Å². The molecule has 0 bridgehead atoms. The smallest absolute Gasteiger partial charge is 0.220 e. The van der Waals surface area contributed by atoms with Crippen LogP contribution >= 0.6 is 0 Å². The minimum Gasteiger partial charge on any atom is -0.394 e. The molecule has 3 aliphatic heterocycles. The predicted octanol–water partition coefficient (Wildman–Crippen LogP) is -0.641. The van der Waals surface area contributed by atoms with Gasteiger partial charge in [-0.1, -0.05) is 110 Å². The highest BCUT2D eigenvalue weighted by Crippen LogP contribution is 2.33. The van der Waals surface area contributed by atoms with Crippen LogP contribution in [-0.2, 0) is 33.2 Å². The molecule has 0 aromatic carbocycles. The van der Waals surface area contributed by atoms with E-state index in [-0.39, 0.29) is 18.9 Å². The molecule has 0 spiro atoms. The number of aliphatic hydroxyl groups is 11. The van der Waals surface area contributed by atoms with Crippen molar-refractivity contribution in [2.24, 2.45) is 0 Å². The number of unbranched alkanes of at least 4 members (excludes halogenated alkanes) is 14. The summed E-state index contributed by atoms with van der Waals surface area (Å²) in [5.74, 6) is -0.259. The Bertz CT molecular complexity index is 1160. The molecule has 19 heteroatoms. The maximum Gasteiger partial charge on any atom is 0.220 e. The Kier molecular flexibility index (Phi) is 26.0. The topological polar surface area (TPSA) is 307 Å². The second-order valence-electron chi connectivity index (χ2n) is 16.9. The molecule has 0 aromatic heterocycles. The summed E-state index contributed by atoms with van der Waals surface area (Å²) >= 11 is 0. The third-order valence-electron chi connectivity index (χ3n) is 11.9. The molecule has 3 rings (SSSR count). The van der Waals surface area contributed by atoms with Crippen LogP contribution in [0.3, 0.4) is 0 Å². The van der Waals surface area contributed by atoms with Gasteiger partial charge in [-0.2, -0.15) is 0 Å². The molecule has 3 heterocycles. The number of nitrogens with one attached hydrogen (secondary N) is 1. The molecule has 3 fully saturated rings. The minimum absolute atomic E-state index is 0.259. The van der Waals surface area contributed by atoms with Crippen molar-refractivity contribution in [1.29, 1.82) is 0 Å². The van der Waals surface area contributed by atoms with Crippen LogP contribution in [0.1, 0.15) is 129 Å². The lowest BCUT2D eigenvalue weighted by Crippen LogP contribution is -2.66. The number of carbonyl (C=O) groups is 1. The van der Waals surface area contributed by atoms with Gasteiger partial charge in [-0.05, 0) is 12.8 Å². The SMILES string of the molecule is CCCCCCCCCCCCCC(O)C(COC1OC(CO)C(OC2OC(CO)C(OC3OC(CO)C(O)C(O)C3O)C(O)C2O)C(O)C1O)NC(=O)CCCCCCC. The molecule has 12 N–H and O–H groups in total. The van der Waals surface area contributed by atoms with Crippen LogP contribution in [0.4, 0.5) is 0 Å². The number of hydrogen-bond acceptors (Lipinski definition) is 18. The summed E-state index contributed by atoms with van der Waals surface area (Å²) in [6.45, 7) is 1.62. The van der Waals surface area contributed by atoms with Gasteiger partial charge in [0.15, 0.2) is 18.9 Å². The summed E-state index contributed by atoms with van der Waals surface area (Å²) in [6, 6.07) is -0.874. The zero-order valence-electron chi connectivity index (χ0n) is 36.1. The highest BCUT2D eigenvalue weighted by Gasteiger charge is 2.53. The summed E-state index contributed by atoms with van der Waals surface area (Å²) < 4.78 is 33.9. The van der Waals surface area contributed by atoms with Gasteiger partial charge in [-0.3, -0.25) is 4.79 Å². The lowest BCUT2D eigenvalue weighted by atomic mass is 9.96. The number of hydrogen-bond donors (Lipinski definition) is 12. The molecular weight excluding hydrogens is 806 g/mol. The fourth-order valence-corrected chi connectivity index (χ4v) is 8.02. The Morgan fingerprint density at radius 2 is 0.934 bits per heavy atom. The fourth-order valence-electron chi connectivity index (χ4n) is 8.02. The first-order valence-electron chi connectivity index (χ1n) is 22.8. The van der Waals surface area contributed by atoms with E-state index >= 15 is 0 Å². The maximum atomic E-state index is 13.0. The van der Waals surface area contributed by atoms with Crippen molar-refractivity contribution in [1.82, 2.24) is 5.32 Å². The zero-order valence-corrected chi connectivity index (χ0v) is 36.1. The quantitative estimate of drug-likeness (QED) is 0.0399. The average molecular weight is 886 g/mol. The third-order valence-corrected chi connectivity index (χ3v) is 11.9. The van der Waals surface area contributed by atoms with Crippen molar-refractivity contribution < 1.29 is 89.4 Å². The number of amides is 1. The summed E-state index contributed by atoms with van der Waals surface area (Å²) in [7, 11) is 0. The Morgan fingerprint density at radius 3 is 1.43 bits per heavy atom. The van der Waals surface area contributed by atoms with Crippen LogP contribution in [0.15, 0.2) is 0 Å². The van der Waals surface area contributed by atoms with Gasteiger partial charge in [-0.15, -0.1) is 0 Å². The zero-order chi connectivity index (χ0) is 44.9. The standard InChI is InChI=1S/C42H79NO18/c1-3-5-7-9-10-11-12-13-14-16-17-19-26(47)25(43-30(48)20-18-15-8-6-4-2)24-56-40-36(54)33(51)38(28(22-45)58-40)61-42-37(55)34(52)39(29(23-46)59-42)60-41-35(53)32(50)31(49)27(21-44)57-41/h25-29,31-42,44-47,49-55H,3-24H2,1-2H3,(H,43,48). The fraction of sp³-hybridized carbons (Fsp3) is 0.976. The maximum absolute atomic E-state index is 13.0. The van der Waals surface area contributed by atoms with Crippen LogP contribution in [0, 0.1) is 0 Å². The Hall–Kier alpha value is -1.21. The monoisotopic (exact) mass is 886 g/mol. The van der Waals surface area contributed by atoms with E-state index in [0.717, 1.165) is 51.4 Å². The van der Waals surface area contributed by atoms with Crippen molar-refractivity contribution in [3.8, 4) is 0 Å². The summed E-state index contributed by atoms with van der Waals surface area (Å²) in [6.07, 6.45) is -8.48. The van der Waals surface area contributed by atoms with E-state index in [9.17, 15) is 61.0 Å². The molecule has 3 saturated heterocycles. The first-order chi connectivity index (χ1) is 29.3. The van der Waals surface area contributed by atoms with Crippen LogP contribution in [0.25, 0.3) is 0 Å². The molecule has 0 radical (unpaired) electrons.